The molecule has 143 heavy (non-hydrogen) atoms. The lowest BCUT2D eigenvalue weighted by Gasteiger charge is -2.33. The molecule has 0 aromatic rings. The average Bonchev–Trinajstić information content (AvgIpc) is 0.875. The molecular formula is C120H239N7O12S4. The average molecular weight is 2100 g/mol. The molecule has 1 rings (SSSR count). The van der Waals surface area contributed by atoms with Crippen LogP contribution in [-0.4, -0.2) is 305 Å². The van der Waals surface area contributed by atoms with Gasteiger partial charge in [0.1, 0.15) is 0 Å². The Balaban J connectivity index is 3.71. The molecule has 0 bridgehead atoms. The van der Waals surface area contributed by atoms with Crippen LogP contribution in [0.15, 0.2) is 0 Å². The van der Waals surface area contributed by atoms with E-state index in [9.17, 15) is 60.0 Å². The summed E-state index contributed by atoms with van der Waals surface area (Å²) < 4.78 is 0. The number of rotatable bonds is 107. The monoisotopic (exact) mass is 2100 g/mol. The number of carbonyl (C=O) groups excluding carboxylic acids is 4. The van der Waals surface area contributed by atoms with Gasteiger partial charge in [0.25, 0.3) is 0 Å². The summed E-state index contributed by atoms with van der Waals surface area (Å²) in [5.74, 6) is 2.85. The lowest BCUT2D eigenvalue weighted by molar-refractivity contribution is -0.114. The van der Waals surface area contributed by atoms with Gasteiger partial charge in [-0.2, -0.15) is 0 Å². The molecule has 0 saturated carbocycles. The van der Waals surface area contributed by atoms with E-state index in [1.54, 1.807) is 6.92 Å². The second kappa shape index (κ2) is 106. The SMILES string of the molecule is CCCCCCCCCCC(O)CC(CCCCSC(=O)CN1CCN(CC(=O)SCCCCN(CC(C)O)CC(O)CCCCCCCCCC)CCN(CC(=O)SCCCCN(CC(O)CCCCCCCCCC)CC(O)CCCCCCCCCC)CCN(CC(=O)SCCCCN(CC(O)CCCCCCCCCC)CC(O)CCCCCCCCCC)CC1)CC(O)CCCCCCCCCC. The van der Waals surface area contributed by atoms with E-state index in [1.165, 1.54) is 317 Å². The lowest BCUT2D eigenvalue weighted by Crippen LogP contribution is -2.48. The molecule has 0 amide bonds. The van der Waals surface area contributed by atoms with Gasteiger partial charge in [0.2, 0.25) is 20.5 Å². The molecule has 1 aliphatic heterocycles. The van der Waals surface area contributed by atoms with Crippen LogP contribution in [0, 0.1) is 5.92 Å². The van der Waals surface area contributed by atoms with Crippen molar-refractivity contribution in [1.82, 2.24) is 34.3 Å². The summed E-state index contributed by atoms with van der Waals surface area (Å²) in [6, 6.07) is 0. The first-order valence-corrected chi connectivity index (χ1v) is 65.7. The zero-order valence-corrected chi connectivity index (χ0v) is 98.4. The van der Waals surface area contributed by atoms with Crippen LogP contribution in [0.4, 0.5) is 0 Å². The van der Waals surface area contributed by atoms with Crippen LogP contribution in [-0.2, 0) is 19.2 Å². The quantitative estimate of drug-likeness (QED) is 0.0264. The number of aliphatic hydroxyl groups excluding tert-OH is 8. The van der Waals surface area contributed by atoms with E-state index in [1.807, 2.05) is 0 Å². The molecule has 0 radical (unpaired) electrons. The highest BCUT2D eigenvalue weighted by Crippen LogP contribution is 2.29. The van der Waals surface area contributed by atoms with Gasteiger partial charge in [-0.05, 0) is 135 Å². The van der Waals surface area contributed by atoms with Crippen molar-refractivity contribution in [3.8, 4) is 0 Å². The molecule has 19 nitrogen and oxygen atoms in total. The Bertz CT molecular complexity index is 2530. The van der Waals surface area contributed by atoms with Crippen LogP contribution in [0.2, 0.25) is 0 Å². The van der Waals surface area contributed by atoms with Gasteiger partial charge < -0.3 is 40.9 Å². The minimum Gasteiger partial charge on any atom is -0.393 e. The summed E-state index contributed by atoms with van der Waals surface area (Å²) >= 11 is 5.52. The molecule has 8 N–H and O–H groups in total. The van der Waals surface area contributed by atoms with Crippen molar-refractivity contribution in [2.24, 2.45) is 5.92 Å². The van der Waals surface area contributed by atoms with Gasteiger partial charge in [0.15, 0.2) is 0 Å². The number of hydrogen-bond donors (Lipinski definition) is 8. The molecule has 0 aromatic carbocycles. The molecule has 1 aliphatic rings. The minimum absolute atomic E-state index is 0.0775. The normalized spacial score (nSPS) is 15.7. The topological polar surface area (TPSA) is 253 Å². The molecular weight excluding hydrogens is 1860 g/mol. The van der Waals surface area contributed by atoms with E-state index < -0.39 is 36.6 Å². The van der Waals surface area contributed by atoms with Crippen LogP contribution in [0.5, 0.6) is 0 Å². The van der Waals surface area contributed by atoms with E-state index >= 15 is 0 Å². The third kappa shape index (κ3) is 95.8. The van der Waals surface area contributed by atoms with E-state index in [4.69, 9.17) is 0 Å². The summed E-state index contributed by atoms with van der Waals surface area (Å²) in [5.41, 5.74) is 0. The second-order valence-electron chi connectivity index (χ2n) is 44.5. The Kier molecular flexibility index (Phi) is 104. The lowest BCUT2D eigenvalue weighted by atomic mass is 9.87. The summed E-state index contributed by atoms with van der Waals surface area (Å²) in [6.07, 6.45) is 79.3. The smallest absolute Gasteiger partial charge is 0.202 e. The van der Waals surface area contributed by atoms with Crippen LogP contribution < -0.4 is 0 Å². The van der Waals surface area contributed by atoms with Crippen molar-refractivity contribution in [2.75, 3.05) is 160 Å². The number of hydrogen-bond acceptors (Lipinski definition) is 23. The third-order valence-electron chi connectivity index (χ3n) is 29.8. The number of aliphatic hydroxyl groups is 8. The first kappa shape index (κ1) is 140. The minimum atomic E-state index is -0.523. The zero-order chi connectivity index (χ0) is 104. The van der Waals surface area contributed by atoms with Crippen LogP contribution in [0.1, 0.15) is 531 Å². The highest BCUT2D eigenvalue weighted by atomic mass is 32.2. The highest BCUT2D eigenvalue weighted by Gasteiger charge is 2.27. The van der Waals surface area contributed by atoms with E-state index in [-0.39, 0.29) is 64.8 Å². The molecule has 23 heteroatoms. The number of thioether (sulfide) groups is 4. The Morgan fingerprint density at radius 2 is 0.371 bits per heavy atom. The second-order valence-corrected chi connectivity index (χ2v) is 49.1. The Morgan fingerprint density at radius 1 is 0.210 bits per heavy atom. The van der Waals surface area contributed by atoms with Crippen LogP contribution in [0.25, 0.3) is 0 Å². The van der Waals surface area contributed by atoms with Crippen molar-refractivity contribution >= 4 is 67.5 Å². The van der Waals surface area contributed by atoms with E-state index in [2.05, 4.69) is 82.8 Å². The van der Waals surface area contributed by atoms with Gasteiger partial charge in [0, 0.05) is 115 Å². The molecule has 8 unspecified atom stereocenters. The first-order chi connectivity index (χ1) is 69.6. The summed E-state index contributed by atoms with van der Waals surface area (Å²) in [5, 5.41) is 90.9. The van der Waals surface area contributed by atoms with Crippen molar-refractivity contribution in [1.29, 1.82) is 0 Å². The predicted octanol–water partition coefficient (Wildman–Crippen LogP) is 27.7. The third-order valence-corrected chi connectivity index (χ3v) is 33.6. The number of carbonyl (C=O) groups is 4. The molecule has 0 aromatic heterocycles. The fourth-order valence-corrected chi connectivity index (χ4v) is 24.1. The number of unbranched alkanes of at least 4 members (excludes halogenated alkanes) is 53. The van der Waals surface area contributed by atoms with E-state index in [0.29, 0.717) is 127 Å². The largest absolute Gasteiger partial charge is 0.393 e. The van der Waals surface area contributed by atoms with Gasteiger partial charge in [-0.25, -0.2) is 0 Å². The first-order valence-electron chi connectivity index (χ1n) is 61.8. The fraction of sp³-hybridized carbons (Fsp3) is 0.967. The van der Waals surface area contributed by atoms with Gasteiger partial charge in [-0.3, -0.25) is 53.5 Å². The molecule has 850 valence electrons. The van der Waals surface area contributed by atoms with Gasteiger partial charge in [0.05, 0.1) is 75.0 Å². The zero-order valence-electron chi connectivity index (χ0n) is 95.2. The standard InChI is InChI=1S/C120H239N7O12S4/c1-9-16-23-30-37-44-51-58-74-110(129)96-109(97-111(130)75-59-52-45-38-31-24-17-10-2)73-65-69-92-140-117(136)104-121-84-86-122(105-118(137)141-93-70-66-81-125(98-108(8)128)99-112(131)76-60-53-46-39-32-25-18-11-3)88-90-124(107-120(139)143-95-72-68-83-127(102-115(134)79-63-56-49-42-35-28-21-14-6)103-116(135)80-64-57-50-43-36-29-22-15-7)91-89-123(87-85-121)106-119(138)142-94-71-67-82-126(100-113(132)77-61-54-47-40-33-26-19-12-4)101-114(133)78-62-55-48-41-34-27-20-13-5/h108-116,128-135H,9-107H2,1-8H3. The Morgan fingerprint density at radius 3 is 0.559 bits per heavy atom. The maximum atomic E-state index is 14.6. The van der Waals surface area contributed by atoms with Crippen molar-refractivity contribution in [3.63, 3.8) is 0 Å². The molecule has 0 aliphatic carbocycles. The van der Waals surface area contributed by atoms with Gasteiger partial charge >= 0.3 is 0 Å². The van der Waals surface area contributed by atoms with Crippen molar-refractivity contribution in [2.45, 2.75) is 579 Å². The van der Waals surface area contributed by atoms with Gasteiger partial charge in [-0.1, -0.05) is 468 Å². The Labute approximate surface area is 901 Å². The highest BCUT2D eigenvalue weighted by molar-refractivity contribution is 8.14. The fourth-order valence-electron chi connectivity index (χ4n) is 20.7. The van der Waals surface area contributed by atoms with Crippen molar-refractivity contribution < 1.29 is 60.0 Å². The molecule has 8 atom stereocenters. The molecule has 0 spiro atoms. The molecule has 1 saturated heterocycles. The maximum absolute atomic E-state index is 14.6. The van der Waals surface area contributed by atoms with Gasteiger partial charge in [-0.15, -0.1) is 0 Å². The van der Waals surface area contributed by atoms with E-state index in [0.717, 1.165) is 212 Å². The molecule has 1 heterocycles. The predicted molar refractivity (Wildman–Crippen MR) is 624 cm³/mol. The Hall–Kier alpha value is -0.520. The number of nitrogens with zero attached hydrogens (tertiary/aromatic N) is 7. The summed E-state index contributed by atoms with van der Waals surface area (Å²) in [4.78, 5) is 73.8. The summed E-state index contributed by atoms with van der Waals surface area (Å²) in [6.45, 7) is 28.1. The molecule has 1 fully saturated rings. The maximum Gasteiger partial charge on any atom is 0.202 e. The summed E-state index contributed by atoms with van der Waals surface area (Å²) in [7, 11) is 0. The van der Waals surface area contributed by atoms with Crippen molar-refractivity contribution in [3.05, 3.63) is 0 Å². The van der Waals surface area contributed by atoms with Crippen LogP contribution >= 0.6 is 47.0 Å². The van der Waals surface area contributed by atoms with Crippen LogP contribution in [0.3, 0.4) is 0 Å².